The number of hydrogen-bond donors (Lipinski definition) is 1. The van der Waals surface area contributed by atoms with Crippen molar-refractivity contribution < 1.29 is 26.4 Å². The normalized spacial score (nSPS) is 17.4. The lowest BCUT2D eigenvalue weighted by atomic mass is 10.2. The van der Waals surface area contributed by atoms with Gasteiger partial charge in [-0.15, -0.1) is 0 Å². The van der Waals surface area contributed by atoms with Gasteiger partial charge in [0.25, 0.3) is 15.9 Å². The molecule has 0 bridgehead atoms. The highest BCUT2D eigenvalue weighted by atomic mass is 32.2. The molecular weight excluding hydrogens is 297 g/mol. The molecule has 110 valence electrons. The fourth-order valence-corrected chi connectivity index (χ4v) is 3.58. The molecule has 20 heavy (non-hydrogen) atoms. The highest BCUT2D eigenvalue weighted by molar-refractivity contribution is 7.90. The standard InChI is InChI=1S/C11H11F3N2O3S/c12-11(13,14)4-1-5-16-10(17)8-3-2-7(15)6-9(8)20(16,18)19/h2-3,6H,1,4-5,15H2. The summed E-state index contributed by atoms with van der Waals surface area (Å²) in [5.74, 6) is -0.817. The summed E-state index contributed by atoms with van der Waals surface area (Å²) in [5, 5.41) is 0. The first-order valence-electron chi connectivity index (χ1n) is 5.66. The summed E-state index contributed by atoms with van der Waals surface area (Å²) >= 11 is 0. The third kappa shape index (κ3) is 2.58. The Labute approximate surface area is 113 Å². The van der Waals surface area contributed by atoms with E-state index in [4.69, 9.17) is 5.73 Å². The highest BCUT2D eigenvalue weighted by Gasteiger charge is 2.41. The van der Waals surface area contributed by atoms with Gasteiger partial charge in [-0.05, 0) is 24.6 Å². The summed E-state index contributed by atoms with van der Waals surface area (Å²) in [6, 6.07) is 3.76. The minimum absolute atomic E-state index is 0.0637. The van der Waals surface area contributed by atoms with Crippen LogP contribution in [0.4, 0.5) is 18.9 Å². The quantitative estimate of drug-likeness (QED) is 0.863. The van der Waals surface area contributed by atoms with E-state index in [1.54, 1.807) is 0 Å². The van der Waals surface area contributed by atoms with Gasteiger partial charge in [0, 0.05) is 18.7 Å². The van der Waals surface area contributed by atoms with Gasteiger partial charge >= 0.3 is 6.18 Å². The van der Waals surface area contributed by atoms with E-state index in [1.165, 1.54) is 12.1 Å². The van der Waals surface area contributed by atoms with E-state index in [0.29, 0.717) is 4.31 Å². The molecule has 0 saturated heterocycles. The molecule has 2 N–H and O–H groups in total. The molecule has 1 amide bonds. The van der Waals surface area contributed by atoms with E-state index in [1.807, 2.05) is 0 Å². The number of rotatable bonds is 3. The van der Waals surface area contributed by atoms with Crippen molar-refractivity contribution in [2.75, 3.05) is 12.3 Å². The van der Waals surface area contributed by atoms with Crippen LogP contribution in [0.2, 0.25) is 0 Å². The monoisotopic (exact) mass is 308 g/mol. The van der Waals surface area contributed by atoms with E-state index >= 15 is 0 Å². The average molecular weight is 308 g/mol. The molecule has 1 aromatic rings. The minimum Gasteiger partial charge on any atom is -0.399 e. The molecule has 0 aliphatic carbocycles. The highest BCUT2D eigenvalue weighted by Crippen LogP contribution is 2.32. The molecule has 1 aliphatic heterocycles. The summed E-state index contributed by atoms with van der Waals surface area (Å²) in [4.78, 5) is 11.6. The van der Waals surface area contributed by atoms with Crippen molar-refractivity contribution in [3.8, 4) is 0 Å². The van der Waals surface area contributed by atoms with Crippen molar-refractivity contribution in [1.82, 2.24) is 4.31 Å². The number of hydrogen-bond acceptors (Lipinski definition) is 4. The summed E-state index contributed by atoms with van der Waals surface area (Å²) in [6.45, 7) is -0.505. The van der Waals surface area contributed by atoms with Crippen LogP contribution < -0.4 is 5.73 Å². The van der Waals surface area contributed by atoms with Crippen LogP contribution in [0.3, 0.4) is 0 Å². The Bertz CT molecular complexity index is 655. The Kier molecular flexibility index (Phi) is 3.41. The zero-order chi connectivity index (χ0) is 15.1. The Balaban J connectivity index is 2.24. The maximum atomic E-state index is 12.1. The first-order valence-corrected chi connectivity index (χ1v) is 7.10. The molecule has 1 aliphatic rings. The van der Waals surface area contributed by atoms with Crippen molar-refractivity contribution in [1.29, 1.82) is 0 Å². The van der Waals surface area contributed by atoms with Crippen molar-refractivity contribution in [3.05, 3.63) is 23.8 Å². The number of carbonyl (C=O) groups is 1. The number of alkyl halides is 3. The Hall–Kier alpha value is -1.77. The number of anilines is 1. The average Bonchev–Trinajstić information content (AvgIpc) is 2.48. The maximum absolute atomic E-state index is 12.1. The van der Waals surface area contributed by atoms with Crippen LogP contribution >= 0.6 is 0 Å². The molecule has 1 heterocycles. The maximum Gasteiger partial charge on any atom is 0.389 e. The molecule has 5 nitrogen and oxygen atoms in total. The Morgan fingerprint density at radius 1 is 1.25 bits per heavy atom. The van der Waals surface area contributed by atoms with Gasteiger partial charge in [-0.2, -0.15) is 13.2 Å². The van der Waals surface area contributed by atoms with Gasteiger partial charge in [0.15, 0.2) is 0 Å². The van der Waals surface area contributed by atoms with E-state index < -0.39 is 41.5 Å². The molecule has 0 fully saturated rings. The second kappa shape index (κ2) is 4.65. The zero-order valence-electron chi connectivity index (χ0n) is 10.1. The van der Waals surface area contributed by atoms with Gasteiger partial charge in [-0.1, -0.05) is 0 Å². The van der Waals surface area contributed by atoms with Crippen molar-refractivity contribution in [2.45, 2.75) is 23.9 Å². The first-order chi connectivity index (χ1) is 9.13. The van der Waals surface area contributed by atoms with Gasteiger partial charge < -0.3 is 5.73 Å². The molecule has 1 aromatic carbocycles. The molecule has 0 saturated carbocycles. The lowest BCUT2D eigenvalue weighted by molar-refractivity contribution is -0.135. The van der Waals surface area contributed by atoms with Crippen LogP contribution in [-0.4, -0.2) is 31.4 Å². The third-order valence-corrected chi connectivity index (χ3v) is 4.67. The first kappa shape index (κ1) is 14.6. The number of benzene rings is 1. The van der Waals surface area contributed by atoms with Gasteiger partial charge in [0.2, 0.25) is 0 Å². The molecule has 9 heteroatoms. The molecule has 0 aromatic heterocycles. The van der Waals surface area contributed by atoms with E-state index in [0.717, 1.165) is 6.07 Å². The number of halogens is 3. The van der Waals surface area contributed by atoms with Gasteiger partial charge in [0.1, 0.15) is 4.90 Å². The van der Waals surface area contributed by atoms with Crippen molar-refractivity contribution in [2.24, 2.45) is 0 Å². The second-order valence-corrected chi connectivity index (χ2v) is 6.19. The van der Waals surface area contributed by atoms with Crippen LogP contribution in [0.15, 0.2) is 23.1 Å². The number of carbonyl (C=O) groups excluding carboxylic acids is 1. The van der Waals surface area contributed by atoms with Crippen LogP contribution in [-0.2, 0) is 10.0 Å². The van der Waals surface area contributed by atoms with E-state index in [9.17, 15) is 26.4 Å². The number of nitrogens with two attached hydrogens (primary N) is 1. The fraction of sp³-hybridized carbons (Fsp3) is 0.364. The van der Waals surface area contributed by atoms with Crippen LogP contribution in [0, 0.1) is 0 Å². The van der Waals surface area contributed by atoms with E-state index in [-0.39, 0.29) is 16.1 Å². The van der Waals surface area contributed by atoms with E-state index in [2.05, 4.69) is 0 Å². The smallest absolute Gasteiger partial charge is 0.389 e. The number of nitrogens with zero attached hydrogens (tertiary/aromatic N) is 1. The largest absolute Gasteiger partial charge is 0.399 e. The van der Waals surface area contributed by atoms with Gasteiger partial charge in [-0.3, -0.25) is 4.79 Å². The van der Waals surface area contributed by atoms with Crippen LogP contribution in [0.25, 0.3) is 0 Å². The molecule has 2 rings (SSSR count). The van der Waals surface area contributed by atoms with Crippen molar-refractivity contribution >= 4 is 21.6 Å². The number of amides is 1. The molecule has 0 radical (unpaired) electrons. The van der Waals surface area contributed by atoms with Crippen LogP contribution in [0.5, 0.6) is 0 Å². The minimum atomic E-state index is -4.39. The fourth-order valence-electron chi connectivity index (χ4n) is 1.94. The Morgan fingerprint density at radius 2 is 1.90 bits per heavy atom. The molecule has 0 unspecified atom stereocenters. The number of fused-ring (bicyclic) bond motifs is 1. The predicted octanol–water partition coefficient (Wildman–Crippen LogP) is 1.76. The van der Waals surface area contributed by atoms with Crippen molar-refractivity contribution in [3.63, 3.8) is 0 Å². The molecular formula is C11H11F3N2O3S. The SMILES string of the molecule is Nc1ccc2c(c1)S(=O)(=O)N(CCCC(F)(F)F)C2=O. The summed E-state index contributed by atoms with van der Waals surface area (Å²) < 4.78 is 60.8. The predicted molar refractivity (Wildman–Crippen MR) is 64.4 cm³/mol. The molecule has 0 spiro atoms. The summed E-state index contributed by atoms with van der Waals surface area (Å²) in [6.07, 6.45) is -6.01. The summed E-state index contributed by atoms with van der Waals surface area (Å²) in [7, 11) is -4.10. The third-order valence-electron chi connectivity index (χ3n) is 2.85. The summed E-state index contributed by atoms with van der Waals surface area (Å²) in [5.41, 5.74) is 5.56. The zero-order valence-corrected chi connectivity index (χ0v) is 11.0. The van der Waals surface area contributed by atoms with Gasteiger partial charge in [0.05, 0.1) is 5.56 Å². The molecule has 0 atom stereocenters. The lowest BCUT2D eigenvalue weighted by Crippen LogP contribution is -2.31. The number of nitrogen functional groups attached to an aromatic ring is 1. The van der Waals surface area contributed by atoms with Crippen LogP contribution in [0.1, 0.15) is 23.2 Å². The Morgan fingerprint density at radius 3 is 2.50 bits per heavy atom. The second-order valence-electron chi connectivity index (χ2n) is 4.36. The lowest BCUT2D eigenvalue weighted by Gasteiger charge is -2.15. The topological polar surface area (TPSA) is 80.5 Å². The number of sulfonamides is 1. The van der Waals surface area contributed by atoms with Gasteiger partial charge in [-0.25, -0.2) is 12.7 Å².